The Morgan fingerprint density at radius 1 is 1.20 bits per heavy atom. The highest BCUT2D eigenvalue weighted by atomic mass is 79.9. The van der Waals surface area contributed by atoms with Crippen LogP contribution in [0.2, 0.25) is 0 Å². The minimum absolute atomic E-state index is 0.0313. The van der Waals surface area contributed by atoms with Gasteiger partial charge in [-0.2, -0.15) is 0 Å². The molecule has 0 spiro atoms. The predicted octanol–water partition coefficient (Wildman–Crippen LogP) is 3.80. The summed E-state index contributed by atoms with van der Waals surface area (Å²) in [5, 5.41) is 2.91. The molecule has 3 rings (SSSR count). The Kier molecular flexibility index (Phi) is 7.24. The minimum Gasteiger partial charge on any atom is -0.486 e. The van der Waals surface area contributed by atoms with Crippen LogP contribution in [0.5, 0.6) is 5.75 Å². The second-order valence-corrected chi connectivity index (χ2v) is 7.54. The van der Waals surface area contributed by atoms with Gasteiger partial charge in [-0.25, -0.2) is 4.98 Å². The number of benzene rings is 2. The maximum Gasteiger partial charge on any atom is 0.307 e. The molecule has 0 fully saturated rings. The van der Waals surface area contributed by atoms with Gasteiger partial charge < -0.3 is 19.4 Å². The summed E-state index contributed by atoms with van der Waals surface area (Å²) in [5.41, 5.74) is 1.27. The van der Waals surface area contributed by atoms with Crippen molar-refractivity contribution in [1.29, 1.82) is 0 Å². The van der Waals surface area contributed by atoms with Crippen LogP contribution in [0.4, 0.5) is 0 Å². The predicted molar refractivity (Wildman–Crippen MR) is 115 cm³/mol. The summed E-state index contributed by atoms with van der Waals surface area (Å²) < 4.78 is 13.2. The first-order valence-electron chi connectivity index (χ1n) is 9.28. The quantitative estimate of drug-likeness (QED) is 0.505. The normalized spacial score (nSPS) is 11.6. The highest BCUT2D eigenvalue weighted by Gasteiger charge is 2.20. The Bertz CT molecular complexity index is 1020. The first-order chi connectivity index (χ1) is 14.5. The molecule has 30 heavy (non-hydrogen) atoms. The van der Waals surface area contributed by atoms with Crippen molar-refractivity contribution in [3.05, 3.63) is 82.3 Å². The van der Waals surface area contributed by atoms with Crippen molar-refractivity contribution < 1.29 is 19.1 Å². The smallest absolute Gasteiger partial charge is 0.307 e. The lowest BCUT2D eigenvalue weighted by atomic mass is 10.0. The zero-order valence-electron chi connectivity index (χ0n) is 16.7. The lowest BCUT2D eigenvalue weighted by molar-refractivity contribution is -0.141. The van der Waals surface area contributed by atoms with Crippen LogP contribution < -0.4 is 10.1 Å². The molecule has 1 atom stereocenters. The van der Waals surface area contributed by atoms with E-state index in [4.69, 9.17) is 9.47 Å². The molecule has 0 radical (unpaired) electrons. The maximum atomic E-state index is 12.8. The van der Waals surface area contributed by atoms with Crippen LogP contribution >= 0.6 is 15.9 Å². The van der Waals surface area contributed by atoms with Crippen LogP contribution in [0.3, 0.4) is 0 Å². The lowest BCUT2D eigenvalue weighted by Crippen LogP contribution is -2.30. The number of hydrogen-bond donors (Lipinski definition) is 1. The van der Waals surface area contributed by atoms with Crippen molar-refractivity contribution in [1.82, 2.24) is 14.9 Å². The van der Waals surface area contributed by atoms with Crippen LogP contribution in [0.25, 0.3) is 0 Å². The Labute approximate surface area is 183 Å². The van der Waals surface area contributed by atoms with Gasteiger partial charge in [0.1, 0.15) is 18.2 Å². The lowest BCUT2D eigenvalue weighted by Gasteiger charge is -2.19. The van der Waals surface area contributed by atoms with Crippen molar-refractivity contribution in [3.8, 4) is 5.75 Å². The minimum atomic E-state index is -0.512. The van der Waals surface area contributed by atoms with E-state index < -0.39 is 12.0 Å². The van der Waals surface area contributed by atoms with E-state index in [1.54, 1.807) is 30.5 Å². The Hall–Kier alpha value is -3.13. The monoisotopic (exact) mass is 471 g/mol. The molecule has 156 valence electrons. The average Bonchev–Trinajstić information content (AvgIpc) is 3.16. The van der Waals surface area contributed by atoms with Gasteiger partial charge >= 0.3 is 5.97 Å². The van der Waals surface area contributed by atoms with E-state index in [-0.39, 0.29) is 12.3 Å². The van der Waals surface area contributed by atoms with Gasteiger partial charge in [-0.3, -0.25) is 9.59 Å². The second kappa shape index (κ2) is 10.1. The van der Waals surface area contributed by atoms with Gasteiger partial charge in [0.25, 0.3) is 5.91 Å². The van der Waals surface area contributed by atoms with Crippen molar-refractivity contribution in [2.45, 2.75) is 19.1 Å². The first-order valence-corrected chi connectivity index (χ1v) is 10.1. The molecule has 0 saturated carbocycles. The standard InChI is InChI=1S/C22H22BrN3O4/c1-26-11-10-24-20(26)14-30-18-8-6-15(7-9-18)22(28)25-19(13-21(27)29-2)16-4-3-5-17(23)12-16/h3-12,19H,13-14H2,1-2H3,(H,25,28). The molecular weight excluding hydrogens is 450 g/mol. The zero-order chi connectivity index (χ0) is 21.5. The van der Waals surface area contributed by atoms with Crippen LogP contribution in [-0.2, 0) is 23.2 Å². The number of rotatable bonds is 8. The molecule has 0 bridgehead atoms. The summed E-state index contributed by atoms with van der Waals surface area (Å²) in [6.07, 6.45) is 3.59. The summed E-state index contributed by atoms with van der Waals surface area (Å²) in [4.78, 5) is 28.8. The van der Waals surface area contributed by atoms with Crippen LogP contribution in [0.15, 0.2) is 65.4 Å². The Morgan fingerprint density at radius 3 is 2.60 bits per heavy atom. The number of ether oxygens (including phenoxy) is 2. The van der Waals surface area contributed by atoms with E-state index in [0.29, 0.717) is 17.9 Å². The molecule has 7 nitrogen and oxygen atoms in total. The molecule has 1 heterocycles. The number of esters is 1. The number of nitrogens with one attached hydrogen (secondary N) is 1. The number of hydrogen-bond acceptors (Lipinski definition) is 5. The largest absolute Gasteiger partial charge is 0.486 e. The average molecular weight is 472 g/mol. The molecule has 0 aliphatic heterocycles. The van der Waals surface area contributed by atoms with Crippen molar-refractivity contribution in [2.75, 3.05) is 7.11 Å². The summed E-state index contributed by atoms with van der Waals surface area (Å²) in [6.45, 7) is 0.332. The van der Waals surface area contributed by atoms with E-state index in [2.05, 4.69) is 26.2 Å². The molecule has 0 saturated heterocycles. The fourth-order valence-corrected chi connectivity index (χ4v) is 3.27. The SMILES string of the molecule is COC(=O)CC(NC(=O)c1ccc(OCc2nccn2C)cc1)c1cccc(Br)c1. The summed E-state index contributed by atoms with van der Waals surface area (Å²) in [7, 11) is 3.22. The van der Waals surface area contributed by atoms with E-state index in [1.807, 2.05) is 42.1 Å². The van der Waals surface area contributed by atoms with Crippen molar-refractivity contribution >= 4 is 27.8 Å². The highest BCUT2D eigenvalue weighted by molar-refractivity contribution is 9.10. The van der Waals surface area contributed by atoms with Gasteiger partial charge in [0.15, 0.2) is 0 Å². The summed E-state index contributed by atoms with van der Waals surface area (Å²) >= 11 is 3.42. The molecule has 8 heteroatoms. The van der Waals surface area contributed by atoms with Crippen molar-refractivity contribution in [2.24, 2.45) is 7.05 Å². The number of methoxy groups -OCH3 is 1. The number of imidazole rings is 1. The maximum absolute atomic E-state index is 12.8. The number of nitrogens with zero attached hydrogens (tertiary/aromatic N) is 2. The molecule has 3 aromatic rings. The molecule has 1 N–H and O–H groups in total. The number of aromatic nitrogens is 2. The molecule has 1 unspecified atom stereocenters. The molecule has 1 amide bonds. The van der Waals surface area contributed by atoms with Gasteiger partial charge in [0.2, 0.25) is 0 Å². The summed E-state index contributed by atoms with van der Waals surface area (Å²) in [5.74, 6) is 0.738. The molecule has 2 aromatic carbocycles. The fraction of sp³-hybridized carbons (Fsp3) is 0.227. The van der Waals surface area contributed by atoms with Gasteiger partial charge in [-0.15, -0.1) is 0 Å². The number of aryl methyl sites for hydroxylation is 1. The first kappa shape index (κ1) is 21.6. The van der Waals surface area contributed by atoms with Gasteiger partial charge in [-0.1, -0.05) is 28.1 Å². The third-order valence-corrected chi connectivity index (χ3v) is 5.05. The van der Waals surface area contributed by atoms with Gasteiger partial charge in [0, 0.05) is 29.5 Å². The van der Waals surface area contributed by atoms with Crippen LogP contribution in [0.1, 0.15) is 34.2 Å². The van der Waals surface area contributed by atoms with E-state index >= 15 is 0 Å². The van der Waals surface area contributed by atoms with E-state index in [9.17, 15) is 9.59 Å². The number of carbonyl (C=O) groups excluding carboxylic acids is 2. The second-order valence-electron chi connectivity index (χ2n) is 6.63. The molecule has 0 aliphatic rings. The molecule has 0 aliphatic carbocycles. The third kappa shape index (κ3) is 5.70. The van der Waals surface area contributed by atoms with Gasteiger partial charge in [0.05, 0.1) is 19.6 Å². The topological polar surface area (TPSA) is 82.4 Å². The van der Waals surface area contributed by atoms with Crippen LogP contribution in [0, 0.1) is 0 Å². The van der Waals surface area contributed by atoms with E-state index in [1.165, 1.54) is 7.11 Å². The molecular formula is C22H22BrN3O4. The highest BCUT2D eigenvalue weighted by Crippen LogP contribution is 2.22. The van der Waals surface area contributed by atoms with Gasteiger partial charge in [-0.05, 0) is 42.0 Å². The number of amides is 1. The Balaban J connectivity index is 1.67. The van der Waals surface area contributed by atoms with Crippen molar-refractivity contribution in [3.63, 3.8) is 0 Å². The zero-order valence-corrected chi connectivity index (χ0v) is 18.3. The number of carbonyl (C=O) groups is 2. The Morgan fingerprint density at radius 2 is 1.97 bits per heavy atom. The third-order valence-electron chi connectivity index (χ3n) is 4.56. The molecule has 1 aromatic heterocycles. The summed E-state index contributed by atoms with van der Waals surface area (Å²) in [6, 6.07) is 13.8. The van der Waals surface area contributed by atoms with E-state index in [0.717, 1.165) is 15.9 Å². The fourth-order valence-electron chi connectivity index (χ4n) is 2.85. The van der Waals surface area contributed by atoms with Crippen LogP contribution in [-0.4, -0.2) is 28.5 Å². The number of halogens is 1.